The monoisotopic (exact) mass is 206 g/mol. The van der Waals surface area contributed by atoms with E-state index in [-0.39, 0.29) is 5.91 Å². The summed E-state index contributed by atoms with van der Waals surface area (Å²) in [5.41, 5.74) is 1.87. The normalized spacial score (nSPS) is 23.9. The second-order valence-corrected chi connectivity index (χ2v) is 4.41. The van der Waals surface area contributed by atoms with Crippen LogP contribution >= 0.6 is 0 Å². The lowest BCUT2D eigenvalue weighted by Gasteiger charge is -2.01. The molecule has 1 aliphatic heterocycles. The first-order valence-electron chi connectivity index (χ1n) is 6.06. The summed E-state index contributed by atoms with van der Waals surface area (Å²) in [4.78, 5) is 11.4. The standard InChI is InChI=1S/C12H18N2O/c15-12-10-8-6-4-2-1-3-5-7-9-11(10)13-14-12/h1-9H2. The van der Waals surface area contributed by atoms with Gasteiger partial charge in [-0.3, -0.25) is 4.79 Å². The first kappa shape index (κ1) is 10.5. The SMILES string of the molecule is O=C1N=NC2=C1CCCCCCCCC2. The van der Waals surface area contributed by atoms with Crippen LogP contribution in [0.1, 0.15) is 57.8 Å². The quantitative estimate of drug-likeness (QED) is 0.595. The topological polar surface area (TPSA) is 41.8 Å². The Labute approximate surface area is 90.7 Å². The van der Waals surface area contributed by atoms with Gasteiger partial charge >= 0.3 is 0 Å². The summed E-state index contributed by atoms with van der Waals surface area (Å²) < 4.78 is 0. The molecule has 82 valence electrons. The Bertz CT molecular complexity index is 293. The predicted octanol–water partition coefficient (Wildman–Crippen LogP) is 3.76. The maximum absolute atomic E-state index is 11.4. The zero-order valence-corrected chi connectivity index (χ0v) is 9.17. The molecule has 3 nitrogen and oxygen atoms in total. The lowest BCUT2D eigenvalue weighted by atomic mass is 10.0. The number of nitrogens with zero attached hydrogens (tertiary/aromatic N) is 2. The summed E-state index contributed by atoms with van der Waals surface area (Å²) in [6.07, 6.45) is 10.6. The third-order valence-corrected chi connectivity index (χ3v) is 3.21. The Morgan fingerprint density at radius 1 is 0.733 bits per heavy atom. The van der Waals surface area contributed by atoms with Gasteiger partial charge in [-0.25, -0.2) is 0 Å². The number of rotatable bonds is 0. The van der Waals surface area contributed by atoms with E-state index in [1.165, 1.54) is 32.1 Å². The first-order valence-corrected chi connectivity index (χ1v) is 6.06. The van der Waals surface area contributed by atoms with Crippen LogP contribution < -0.4 is 0 Å². The van der Waals surface area contributed by atoms with Crippen LogP contribution in [-0.4, -0.2) is 5.91 Å². The van der Waals surface area contributed by atoms with E-state index in [2.05, 4.69) is 10.2 Å². The van der Waals surface area contributed by atoms with Crippen molar-refractivity contribution in [1.82, 2.24) is 0 Å². The van der Waals surface area contributed by atoms with E-state index in [0.717, 1.165) is 37.0 Å². The second kappa shape index (κ2) is 5.19. The molecular formula is C12H18N2O. The highest BCUT2D eigenvalue weighted by molar-refractivity contribution is 5.96. The molecule has 0 aromatic carbocycles. The number of azo groups is 1. The van der Waals surface area contributed by atoms with Gasteiger partial charge in [0.2, 0.25) is 0 Å². The highest BCUT2D eigenvalue weighted by atomic mass is 16.2. The molecule has 0 radical (unpaired) electrons. The Morgan fingerprint density at radius 2 is 1.33 bits per heavy atom. The fraction of sp³-hybridized carbons (Fsp3) is 0.750. The largest absolute Gasteiger partial charge is 0.293 e. The molecule has 0 aromatic rings. The van der Waals surface area contributed by atoms with Gasteiger partial charge in [0, 0.05) is 5.57 Å². The van der Waals surface area contributed by atoms with Gasteiger partial charge in [0.15, 0.2) is 0 Å². The van der Waals surface area contributed by atoms with Gasteiger partial charge in [-0.05, 0) is 25.7 Å². The van der Waals surface area contributed by atoms with Crippen molar-refractivity contribution in [3.05, 3.63) is 11.3 Å². The molecule has 1 heterocycles. The molecule has 3 heteroatoms. The van der Waals surface area contributed by atoms with Crippen LogP contribution in [0.25, 0.3) is 0 Å². The lowest BCUT2D eigenvalue weighted by molar-refractivity contribution is -0.114. The summed E-state index contributed by atoms with van der Waals surface area (Å²) in [5, 5.41) is 7.66. The van der Waals surface area contributed by atoms with Crippen molar-refractivity contribution < 1.29 is 4.79 Å². The molecular weight excluding hydrogens is 188 g/mol. The molecule has 1 amide bonds. The number of carbonyl (C=O) groups is 1. The van der Waals surface area contributed by atoms with Crippen molar-refractivity contribution in [2.75, 3.05) is 0 Å². The summed E-state index contributed by atoms with van der Waals surface area (Å²) in [6, 6.07) is 0. The number of allylic oxidation sites excluding steroid dienone is 1. The van der Waals surface area contributed by atoms with Crippen LogP contribution in [0.5, 0.6) is 0 Å². The van der Waals surface area contributed by atoms with Crippen LogP contribution in [0, 0.1) is 0 Å². The van der Waals surface area contributed by atoms with Gasteiger partial charge in [-0.15, -0.1) is 5.11 Å². The Hall–Kier alpha value is -0.990. The molecule has 0 saturated carbocycles. The van der Waals surface area contributed by atoms with E-state index in [9.17, 15) is 4.79 Å². The first-order chi connectivity index (χ1) is 7.38. The average molecular weight is 206 g/mol. The van der Waals surface area contributed by atoms with Crippen LogP contribution in [0.15, 0.2) is 21.5 Å². The molecule has 2 rings (SSSR count). The van der Waals surface area contributed by atoms with Gasteiger partial charge in [0.25, 0.3) is 5.91 Å². The van der Waals surface area contributed by atoms with Gasteiger partial charge in [-0.2, -0.15) is 5.11 Å². The lowest BCUT2D eigenvalue weighted by Crippen LogP contribution is -1.97. The van der Waals surface area contributed by atoms with Gasteiger partial charge in [-0.1, -0.05) is 32.1 Å². The molecule has 15 heavy (non-hydrogen) atoms. The van der Waals surface area contributed by atoms with Gasteiger partial charge in [0.1, 0.15) is 0 Å². The van der Waals surface area contributed by atoms with E-state index < -0.39 is 0 Å². The molecule has 0 aromatic heterocycles. The molecule has 0 unspecified atom stereocenters. The number of hydrogen-bond donors (Lipinski definition) is 0. The van der Waals surface area contributed by atoms with Crippen molar-refractivity contribution in [2.24, 2.45) is 10.2 Å². The molecule has 0 N–H and O–H groups in total. The van der Waals surface area contributed by atoms with Crippen molar-refractivity contribution in [3.63, 3.8) is 0 Å². The molecule has 2 aliphatic rings. The van der Waals surface area contributed by atoms with Gasteiger partial charge < -0.3 is 0 Å². The molecule has 0 atom stereocenters. The summed E-state index contributed by atoms with van der Waals surface area (Å²) >= 11 is 0. The smallest absolute Gasteiger partial charge is 0.265 e. The van der Waals surface area contributed by atoms with Crippen molar-refractivity contribution in [1.29, 1.82) is 0 Å². The summed E-state index contributed by atoms with van der Waals surface area (Å²) in [6.45, 7) is 0. The molecule has 1 aliphatic carbocycles. The molecule has 0 spiro atoms. The molecule has 0 saturated heterocycles. The zero-order valence-electron chi connectivity index (χ0n) is 9.17. The number of amides is 1. The van der Waals surface area contributed by atoms with E-state index in [1.54, 1.807) is 0 Å². The maximum atomic E-state index is 11.4. The van der Waals surface area contributed by atoms with Crippen LogP contribution in [-0.2, 0) is 4.79 Å². The highest BCUT2D eigenvalue weighted by Gasteiger charge is 2.20. The minimum Gasteiger partial charge on any atom is -0.265 e. The van der Waals surface area contributed by atoms with Crippen LogP contribution in [0.3, 0.4) is 0 Å². The average Bonchev–Trinajstić information content (AvgIpc) is 2.56. The predicted molar refractivity (Wildman–Crippen MR) is 58.4 cm³/mol. The van der Waals surface area contributed by atoms with E-state index in [4.69, 9.17) is 0 Å². The third kappa shape index (κ3) is 2.74. The zero-order chi connectivity index (χ0) is 10.5. The second-order valence-electron chi connectivity index (χ2n) is 4.41. The Kier molecular flexibility index (Phi) is 3.64. The summed E-state index contributed by atoms with van der Waals surface area (Å²) in [7, 11) is 0. The van der Waals surface area contributed by atoms with Crippen LogP contribution in [0.2, 0.25) is 0 Å². The van der Waals surface area contributed by atoms with Crippen molar-refractivity contribution in [2.45, 2.75) is 57.8 Å². The van der Waals surface area contributed by atoms with Gasteiger partial charge in [0.05, 0.1) is 5.70 Å². The number of carbonyl (C=O) groups excluding carboxylic acids is 1. The highest BCUT2D eigenvalue weighted by Crippen LogP contribution is 2.27. The minimum absolute atomic E-state index is 0.0794. The minimum atomic E-state index is -0.0794. The van der Waals surface area contributed by atoms with Crippen molar-refractivity contribution in [3.8, 4) is 0 Å². The maximum Gasteiger partial charge on any atom is 0.293 e. The van der Waals surface area contributed by atoms with E-state index >= 15 is 0 Å². The Balaban J connectivity index is 2.02. The van der Waals surface area contributed by atoms with Crippen molar-refractivity contribution >= 4 is 5.91 Å². The van der Waals surface area contributed by atoms with E-state index in [1.807, 2.05) is 0 Å². The third-order valence-electron chi connectivity index (χ3n) is 3.21. The molecule has 0 fully saturated rings. The van der Waals surface area contributed by atoms with Crippen LogP contribution in [0.4, 0.5) is 0 Å². The fourth-order valence-electron chi connectivity index (χ4n) is 2.28. The van der Waals surface area contributed by atoms with E-state index in [0.29, 0.717) is 0 Å². The summed E-state index contributed by atoms with van der Waals surface area (Å²) in [5.74, 6) is -0.0794. The number of hydrogen-bond acceptors (Lipinski definition) is 2. The Morgan fingerprint density at radius 3 is 2.07 bits per heavy atom. The molecule has 0 bridgehead atoms. The fourth-order valence-corrected chi connectivity index (χ4v) is 2.28.